The molecule has 0 fully saturated rings. The third-order valence-corrected chi connectivity index (χ3v) is 4.71. The molecule has 9 heteroatoms. The number of nitrogens with one attached hydrogen (secondary N) is 1. The second-order valence-corrected chi connectivity index (χ2v) is 6.98. The number of hydrogen-bond acceptors (Lipinski definition) is 6. The van der Waals surface area contributed by atoms with Gasteiger partial charge in [0.2, 0.25) is 11.9 Å². The number of aromatic nitrogens is 5. The van der Waals surface area contributed by atoms with E-state index >= 15 is 0 Å². The molecule has 0 unspecified atom stereocenters. The molecule has 0 aliphatic carbocycles. The van der Waals surface area contributed by atoms with Crippen molar-refractivity contribution in [2.75, 3.05) is 11.1 Å². The number of benzene rings is 1. The van der Waals surface area contributed by atoms with Crippen LogP contribution in [0.2, 0.25) is 0 Å². The summed E-state index contributed by atoms with van der Waals surface area (Å²) < 4.78 is 15.2. The third kappa shape index (κ3) is 4.15. The Labute approximate surface area is 164 Å². The number of carbonyl (C=O) groups excluding carboxylic acids is 1. The molecule has 140 valence electrons. The van der Waals surface area contributed by atoms with E-state index in [9.17, 15) is 9.18 Å². The zero-order chi connectivity index (χ0) is 19.5. The van der Waals surface area contributed by atoms with Gasteiger partial charge in [0.25, 0.3) is 0 Å². The summed E-state index contributed by atoms with van der Waals surface area (Å²) in [6.45, 7) is 1.84. The first-order chi connectivity index (χ1) is 13.6. The number of hydrogen-bond donors (Lipinski definition) is 1. The summed E-state index contributed by atoms with van der Waals surface area (Å²) in [6, 6.07) is 10.2. The fourth-order valence-electron chi connectivity index (χ4n) is 2.66. The van der Waals surface area contributed by atoms with Gasteiger partial charge >= 0.3 is 0 Å². The molecule has 4 aromatic rings. The Kier molecular flexibility index (Phi) is 4.98. The largest absolute Gasteiger partial charge is 0.292 e. The van der Waals surface area contributed by atoms with E-state index in [1.807, 2.05) is 19.1 Å². The molecule has 1 aromatic carbocycles. The maximum Gasteiger partial charge on any atom is 0.249 e. The van der Waals surface area contributed by atoms with Crippen LogP contribution in [0.15, 0.2) is 60.1 Å². The molecule has 3 heterocycles. The van der Waals surface area contributed by atoms with Crippen molar-refractivity contribution in [2.45, 2.75) is 12.1 Å². The Hall–Kier alpha value is -3.33. The van der Waals surface area contributed by atoms with E-state index in [1.54, 1.807) is 35.2 Å². The molecule has 0 spiro atoms. The van der Waals surface area contributed by atoms with Crippen molar-refractivity contribution in [1.82, 2.24) is 24.6 Å². The topological polar surface area (TPSA) is 85.1 Å². The Bertz CT molecular complexity index is 1130. The number of thioether (sulfide) groups is 1. The van der Waals surface area contributed by atoms with Gasteiger partial charge in [-0.2, -0.15) is 4.98 Å². The van der Waals surface area contributed by atoms with Crippen molar-refractivity contribution in [3.8, 4) is 11.1 Å². The highest BCUT2D eigenvalue weighted by molar-refractivity contribution is 7.99. The number of fused-ring (bicyclic) bond motifs is 1. The van der Waals surface area contributed by atoms with Crippen LogP contribution in [0.25, 0.3) is 16.8 Å². The molecule has 4 rings (SSSR count). The Morgan fingerprint density at radius 1 is 1.18 bits per heavy atom. The van der Waals surface area contributed by atoms with Gasteiger partial charge in [0.15, 0.2) is 10.8 Å². The van der Waals surface area contributed by atoms with Crippen LogP contribution in [0.3, 0.4) is 0 Å². The zero-order valence-corrected chi connectivity index (χ0v) is 15.7. The SMILES string of the molecule is Cc1cc(F)cc(-c2ccc3nc(NC(=O)CSc4ncccn4)nn3c2)c1. The summed E-state index contributed by atoms with van der Waals surface area (Å²) >= 11 is 1.22. The van der Waals surface area contributed by atoms with E-state index in [-0.39, 0.29) is 23.4 Å². The van der Waals surface area contributed by atoms with Crippen molar-refractivity contribution in [2.24, 2.45) is 0 Å². The molecular formula is C19H15FN6OS. The normalized spacial score (nSPS) is 10.9. The molecule has 0 aliphatic rings. The lowest BCUT2D eigenvalue weighted by atomic mass is 10.1. The molecule has 1 N–H and O–H groups in total. The minimum Gasteiger partial charge on any atom is -0.292 e. The summed E-state index contributed by atoms with van der Waals surface area (Å²) in [5.74, 6) is -0.198. The molecule has 0 radical (unpaired) electrons. The van der Waals surface area contributed by atoms with Crippen LogP contribution in [0.1, 0.15) is 5.56 Å². The predicted octanol–water partition coefficient (Wildman–Crippen LogP) is 3.36. The van der Waals surface area contributed by atoms with Crippen LogP contribution in [0, 0.1) is 12.7 Å². The molecule has 0 aliphatic heterocycles. The van der Waals surface area contributed by atoms with Crippen molar-refractivity contribution in [3.05, 3.63) is 66.4 Å². The number of nitrogens with zero attached hydrogens (tertiary/aromatic N) is 5. The van der Waals surface area contributed by atoms with Gasteiger partial charge in [-0.05, 0) is 48.4 Å². The van der Waals surface area contributed by atoms with Crippen LogP contribution >= 0.6 is 11.8 Å². The third-order valence-electron chi connectivity index (χ3n) is 3.83. The standard InChI is InChI=1S/C19H15FN6OS/c1-12-7-14(9-15(20)8-12)13-3-4-16-23-18(25-26(16)10-13)24-17(27)11-28-19-21-5-2-6-22-19/h2-10H,11H2,1H3,(H,24,25,27). The maximum atomic E-state index is 13.7. The van der Waals surface area contributed by atoms with Gasteiger partial charge in [-0.15, -0.1) is 5.10 Å². The lowest BCUT2D eigenvalue weighted by molar-refractivity contribution is -0.113. The fourth-order valence-corrected chi connectivity index (χ4v) is 3.26. The molecule has 7 nitrogen and oxygen atoms in total. The van der Waals surface area contributed by atoms with Crippen LogP contribution in [-0.2, 0) is 4.79 Å². The first kappa shape index (κ1) is 18.1. The average molecular weight is 394 g/mol. The molecule has 0 bridgehead atoms. The lowest BCUT2D eigenvalue weighted by Gasteiger charge is -2.04. The zero-order valence-electron chi connectivity index (χ0n) is 14.8. The average Bonchev–Trinajstić information content (AvgIpc) is 3.07. The number of halogens is 1. The summed E-state index contributed by atoms with van der Waals surface area (Å²) in [5, 5.41) is 7.46. The van der Waals surface area contributed by atoms with Gasteiger partial charge in [0.05, 0.1) is 5.75 Å². The van der Waals surface area contributed by atoms with Crippen molar-refractivity contribution < 1.29 is 9.18 Å². The first-order valence-electron chi connectivity index (χ1n) is 8.40. The smallest absolute Gasteiger partial charge is 0.249 e. The van der Waals surface area contributed by atoms with E-state index in [2.05, 4.69) is 25.4 Å². The number of amides is 1. The minimum absolute atomic E-state index is 0.146. The van der Waals surface area contributed by atoms with Gasteiger partial charge in [-0.25, -0.2) is 18.9 Å². The van der Waals surface area contributed by atoms with Crippen molar-refractivity contribution >= 4 is 29.3 Å². The van der Waals surface area contributed by atoms with Gasteiger partial charge in [0.1, 0.15) is 5.82 Å². The number of rotatable bonds is 5. The summed E-state index contributed by atoms with van der Waals surface area (Å²) in [7, 11) is 0. The Balaban J connectivity index is 1.49. The fraction of sp³-hybridized carbons (Fsp3) is 0.105. The Morgan fingerprint density at radius 3 is 2.79 bits per heavy atom. The van der Waals surface area contributed by atoms with E-state index in [0.29, 0.717) is 10.8 Å². The maximum absolute atomic E-state index is 13.7. The molecule has 1 amide bonds. The number of carbonyl (C=O) groups is 1. The van der Waals surface area contributed by atoms with Gasteiger partial charge < -0.3 is 0 Å². The minimum atomic E-state index is -0.290. The number of aryl methyl sites for hydroxylation is 1. The van der Waals surface area contributed by atoms with E-state index < -0.39 is 0 Å². The van der Waals surface area contributed by atoms with E-state index in [4.69, 9.17) is 0 Å². The Morgan fingerprint density at radius 2 is 2.00 bits per heavy atom. The monoisotopic (exact) mass is 394 g/mol. The number of anilines is 1. The highest BCUT2D eigenvalue weighted by atomic mass is 32.2. The van der Waals surface area contributed by atoms with Crippen molar-refractivity contribution in [1.29, 1.82) is 0 Å². The second kappa shape index (κ2) is 7.73. The molecular weight excluding hydrogens is 379 g/mol. The summed E-state index contributed by atoms with van der Waals surface area (Å²) in [5.41, 5.74) is 2.96. The summed E-state index contributed by atoms with van der Waals surface area (Å²) in [6.07, 6.45) is 4.99. The lowest BCUT2D eigenvalue weighted by Crippen LogP contribution is -2.15. The highest BCUT2D eigenvalue weighted by Crippen LogP contribution is 2.22. The molecule has 0 atom stereocenters. The van der Waals surface area contributed by atoms with E-state index in [1.165, 1.54) is 23.9 Å². The van der Waals surface area contributed by atoms with Crippen LogP contribution in [-0.4, -0.2) is 36.2 Å². The van der Waals surface area contributed by atoms with Gasteiger partial charge in [-0.3, -0.25) is 10.1 Å². The predicted molar refractivity (Wildman–Crippen MR) is 105 cm³/mol. The van der Waals surface area contributed by atoms with Gasteiger partial charge in [0, 0.05) is 24.2 Å². The summed E-state index contributed by atoms with van der Waals surface area (Å²) in [4.78, 5) is 24.5. The first-order valence-corrected chi connectivity index (χ1v) is 9.39. The quantitative estimate of drug-likeness (QED) is 0.413. The highest BCUT2D eigenvalue weighted by Gasteiger charge is 2.10. The molecule has 0 saturated heterocycles. The van der Waals surface area contributed by atoms with E-state index in [0.717, 1.165) is 16.7 Å². The second-order valence-electron chi connectivity index (χ2n) is 6.04. The van der Waals surface area contributed by atoms with Gasteiger partial charge in [-0.1, -0.05) is 17.8 Å². The molecule has 28 heavy (non-hydrogen) atoms. The van der Waals surface area contributed by atoms with Crippen LogP contribution in [0.5, 0.6) is 0 Å². The van der Waals surface area contributed by atoms with Crippen LogP contribution < -0.4 is 5.32 Å². The number of pyridine rings is 1. The van der Waals surface area contributed by atoms with Crippen LogP contribution in [0.4, 0.5) is 10.3 Å². The van der Waals surface area contributed by atoms with Crippen molar-refractivity contribution in [3.63, 3.8) is 0 Å². The molecule has 3 aromatic heterocycles. The molecule has 0 saturated carbocycles.